The average molecular weight is 133 g/mol. The van der Waals surface area contributed by atoms with Crippen molar-refractivity contribution in [3.63, 3.8) is 0 Å². The third kappa shape index (κ3) is 1.91. The fourth-order valence-electron chi connectivity index (χ4n) is 0.250. The van der Waals surface area contributed by atoms with Gasteiger partial charge >= 0.3 is 0 Å². The van der Waals surface area contributed by atoms with Crippen molar-refractivity contribution in [3.05, 3.63) is 0 Å². The van der Waals surface area contributed by atoms with Crippen molar-refractivity contribution < 1.29 is 14.2 Å². The summed E-state index contributed by atoms with van der Waals surface area (Å²) >= 11 is 0. The molecule has 8 heavy (non-hydrogen) atoms. The van der Waals surface area contributed by atoms with Crippen LogP contribution < -0.4 is 0 Å². The molecule has 0 rings (SSSR count). The molecular formula is C4H9O3Si. The molecule has 0 spiro atoms. The number of hydrogen-bond acceptors (Lipinski definition) is 3. The van der Waals surface area contributed by atoms with Gasteiger partial charge in [0.2, 0.25) is 5.60 Å². The van der Waals surface area contributed by atoms with Gasteiger partial charge in [-0.15, -0.1) is 0 Å². The van der Waals surface area contributed by atoms with E-state index in [1.165, 1.54) is 21.3 Å². The Morgan fingerprint density at radius 1 is 1.00 bits per heavy atom. The summed E-state index contributed by atoms with van der Waals surface area (Å²) < 4.78 is 14.1. The zero-order valence-electron chi connectivity index (χ0n) is 5.22. The highest BCUT2D eigenvalue weighted by Gasteiger charge is 2.20. The summed E-state index contributed by atoms with van der Waals surface area (Å²) in [7, 11) is 7.48. The van der Waals surface area contributed by atoms with Crippen LogP contribution in [0.4, 0.5) is 0 Å². The van der Waals surface area contributed by atoms with E-state index in [9.17, 15) is 0 Å². The maximum atomic E-state index is 4.71. The minimum atomic E-state index is -1.07. The molecule has 3 nitrogen and oxygen atoms in total. The Bertz CT molecular complexity index is 54.0. The van der Waals surface area contributed by atoms with Gasteiger partial charge in [0.1, 0.15) is 0 Å². The summed E-state index contributed by atoms with van der Waals surface area (Å²) in [5.74, 6) is 0. The topological polar surface area (TPSA) is 27.7 Å². The van der Waals surface area contributed by atoms with E-state index in [-0.39, 0.29) is 0 Å². The van der Waals surface area contributed by atoms with Gasteiger partial charge in [0, 0.05) is 21.3 Å². The number of hydrogen-bond donors (Lipinski definition) is 0. The maximum absolute atomic E-state index is 4.71. The second-order valence-corrected chi connectivity index (χ2v) is 1.78. The SMILES string of the molecule is COC([Si])(OC)OC. The van der Waals surface area contributed by atoms with Crippen molar-refractivity contribution in [2.24, 2.45) is 0 Å². The molecular weight excluding hydrogens is 124 g/mol. The highest BCUT2D eigenvalue weighted by atomic mass is 28.1. The summed E-state index contributed by atoms with van der Waals surface area (Å²) in [4.78, 5) is 0. The van der Waals surface area contributed by atoms with E-state index in [2.05, 4.69) is 10.2 Å². The Morgan fingerprint density at radius 2 is 1.25 bits per heavy atom. The van der Waals surface area contributed by atoms with Crippen LogP contribution in [0.2, 0.25) is 0 Å². The average Bonchev–Trinajstić information content (AvgIpc) is 1.87. The quantitative estimate of drug-likeness (QED) is 0.391. The number of rotatable bonds is 3. The fourth-order valence-corrected chi connectivity index (χ4v) is 0.250. The van der Waals surface area contributed by atoms with Gasteiger partial charge in [0.25, 0.3) is 0 Å². The monoisotopic (exact) mass is 133 g/mol. The maximum Gasteiger partial charge on any atom is 0.247 e. The molecule has 0 bridgehead atoms. The number of methoxy groups -OCH3 is 3. The molecule has 0 aliphatic heterocycles. The van der Waals surface area contributed by atoms with Gasteiger partial charge in [-0.3, -0.25) is 0 Å². The van der Waals surface area contributed by atoms with Crippen molar-refractivity contribution in [1.29, 1.82) is 0 Å². The third-order valence-corrected chi connectivity index (χ3v) is 1.42. The second-order valence-electron chi connectivity index (χ2n) is 1.17. The molecule has 0 aromatic carbocycles. The molecule has 4 heteroatoms. The molecule has 0 unspecified atom stereocenters. The van der Waals surface area contributed by atoms with Gasteiger partial charge in [0.15, 0.2) is 10.2 Å². The van der Waals surface area contributed by atoms with E-state index < -0.39 is 5.60 Å². The molecule has 0 saturated carbocycles. The Labute approximate surface area is 52.3 Å². The van der Waals surface area contributed by atoms with Gasteiger partial charge in [0.05, 0.1) is 0 Å². The van der Waals surface area contributed by atoms with Crippen LogP contribution in [0, 0.1) is 0 Å². The van der Waals surface area contributed by atoms with E-state index in [1.54, 1.807) is 0 Å². The molecule has 0 heterocycles. The van der Waals surface area contributed by atoms with E-state index in [0.717, 1.165) is 0 Å². The van der Waals surface area contributed by atoms with E-state index in [1.807, 2.05) is 0 Å². The lowest BCUT2D eigenvalue weighted by molar-refractivity contribution is -0.292. The van der Waals surface area contributed by atoms with Crippen LogP contribution in [-0.4, -0.2) is 37.2 Å². The smallest absolute Gasteiger partial charge is 0.247 e. The lowest BCUT2D eigenvalue weighted by Crippen LogP contribution is -2.36. The van der Waals surface area contributed by atoms with Crippen LogP contribution in [-0.2, 0) is 14.2 Å². The molecule has 0 fully saturated rings. The molecule has 0 aliphatic rings. The molecule has 47 valence electrons. The molecule has 0 amide bonds. The minimum Gasteiger partial charge on any atom is -0.336 e. The molecule has 0 aromatic rings. The largest absolute Gasteiger partial charge is 0.336 e. The summed E-state index contributed by atoms with van der Waals surface area (Å²) in [5.41, 5.74) is -1.07. The summed E-state index contributed by atoms with van der Waals surface area (Å²) in [6.45, 7) is 0. The van der Waals surface area contributed by atoms with E-state index in [4.69, 9.17) is 14.2 Å². The predicted molar refractivity (Wildman–Crippen MR) is 29.5 cm³/mol. The standard InChI is InChI=1S/C4H9O3Si/c1-5-4(8,6-2)7-3/h1-3H3. The Hall–Kier alpha value is 0.0969. The van der Waals surface area contributed by atoms with Crippen LogP contribution in [0.5, 0.6) is 0 Å². The summed E-state index contributed by atoms with van der Waals surface area (Å²) in [6, 6.07) is 0. The van der Waals surface area contributed by atoms with Gasteiger partial charge < -0.3 is 14.2 Å². The Kier molecular flexibility index (Phi) is 3.23. The third-order valence-electron chi connectivity index (χ3n) is 0.806. The highest BCUT2D eigenvalue weighted by molar-refractivity contribution is 6.12. The van der Waals surface area contributed by atoms with Crippen molar-refractivity contribution in [2.45, 2.75) is 5.60 Å². The number of ether oxygens (including phenoxy) is 3. The molecule has 0 saturated heterocycles. The zero-order chi connectivity index (χ0) is 6.62. The van der Waals surface area contributed by atoms with Crippen molar-refractivity contribution in [1.82, 2.24) is 0 Å². The molecule has 0 aliphatic carbocycles. The van der Waals surface area contributed by atoms with Gasteiger partial charge in [-0.25, -0.2) is 0 Å². The first-order chi connectivity index (χ1) is 3.68. The van der Waals surface area contributed by atoms with Crippen molar-refractivity contribution in [3.8, 4) is 0 Å². The Morgan fingerprint density at radius 3 is 1.25 bits per heavy atom. The highest BCUT2D eigenvalue weighted by Crippen LogP contribution is 2.03. The van der Waals surface area contributed by atoms with Gasteiger partial charge in [-0.2, -0.15) is 0 Å². The predicted octanol–water partition coefficient (Wildman–Crippen LogP) is -0.295. The first-order valence-electron chi connectivity index (χ1n) is 2.09. The van der Waals surface area contributed by atoms with Crippen LogP contribution in [0.25, 0.3) is 0 Å². The molecule has 3 radical (unpaired) electrons. The minimum absolute atomic E-state index is 1.07. The first kappa shape index (κ1) is 8.10. The van der Waals surface area contributed by atoms with Crippen LogP contribution in [0.1, 0.15) is 0 Å². The Balaban J connectivity index is 3.58. The van der Waals surface area contributed by atoms with E-state index in [0.29, 0.717) is 0 Å². The lowest BCUT2D eigenvalue weighted by Gasteiger charge is -2.23. The van der Waals surface area contributed by atoms with Crippen molar-refractivity contribution >= 4 is 10.2 Å². The summed E-state index contributed by atoms with van der Waals surface area (Å²) in [5, 5.41) is 0. The normalized spacial score (nSPS) is 12.0. The van der Waals surface area contributed by atoms with Crippen LogP contribution in [0.3, 0.4) is 0 Å². The van der Waals surface area contributed by atoms with Crippen LogP contribution >= 0.6 is 0 Å². The van der Waals surface area contributed by atoms with Gasteiger partial charge in [-0.05, 0) is 0 Å². The zero-order valence-corrected chi connectivity index (χ0v) is 6.22. The first-order valence-corrected chi connectivity index (χ1v) is 2.59. The molecule has 0 aromatic heterocycles. The van der Waals surface area contributed by atoms with Gasteiger partial charge in [-0.1, -0.05) is 0 Å². The van der Waals surface area contributed by atoms with Crippen molar-refractivity contribution in [2.75, 3.05) is 21.3 Å². The summed E-state index contributed by atoms with van der Waals surface area (Å²) in [6.07, 6.45) is 0. The molecule has 0 atom stereocenters. The molecule has 0 N–H and O–H groups in total. The van der Waals surface area contributed by atoms with Crippen LogP contribution in [0.15, 0.2) is 0 Å². The second kappa shape index (κ2) is 3.19. The lowest BCUT2D eigenvalue weighted by atomic mass is 11.1. The fraction of sp³-hybridized carbons (Fsp3) is 1.00. The van der Waals surface area contributed by atoms with E-state index >= 15 is 0 Å².